The van der Waals surface area contributed by atoms with Crippen LogP contribution in [0.4, 0.5) is 11.4 Å². The number of benzene rings is 2. The Morgan fingerprint density at radius 3 is 2.37 bits per heavy atom. The Kier molecular flexibility index (Phi) is 5.49. The molecule has 0 saturated heterocycles. The molecular formula is C20H21N3O4. The number of rotatable bonds is 5. The second kappa shape index (κ2) is 7.99. The van der Waals surface area contributed by atoms with Crippen molar-refractivity contribution >= 4 is 23.2 Å². The third-order valence-electron chi connectivity index (χ3n) is 4.78. The van der Waals surface area contributed by atoms with Crippen molar-refractivity contribution in [2.75, 3.05) is 5.32 Å². The third kappa shape index (κ3) is 4.13. The van der Waals surface area contributed by atoms with Crippen LogP contribution in [0.3, 0.4) is 0 Å². The van der Waals surface area contributed by atoms with E-state index in [1.54, 1.807) is 43.3 Å². The Bertz CT molecular complexity index is 889. The van der Waals surface area contributed by atoms with Crippen LogP contribution in [0, 0.1) is 17.0 Å². The highest BCUT2D eigenvalue weighted by Crippen LogP contribution is 2.25. The van der Waals surface area contributed by atoms with Crippen molar-refractivity contribution in [3.8, 4) is 0 Å². The number of hydrogen-bond acceptors (Lipinski definition) is 4. The van der Waals surface area contributed by atoms with E-state index in [1.165, 1.54) is 6.07 Å². The molecule has 1 saturated carbocycles. The van der Waals surface area contributed by atoms with E-state index in [4.69, 9.17) is 0 Å². The van der Waals surface area contributed by atoms with Crippen LogP contribution >= 0.6 is 0 Å². The van der Waals surface area contributed by atoms with Crippen molar-refractivity contribution in [1.29, 1.82) is 0 Å². The topological polar surface area (TPSA) is 101 Å². The molecule has 27 heavy (non-hydrogen) atoms. The highest BCUT2D eigenvalue weighted by Gasteiger charge is 2.24. The molecule has 140 valence electrons. The minimum atomic E-state index is -0.619. The average Bonchev–Trinajstić information content (AvgIpc) is 3.14. The maximum absolute atomic E-state index is 12.7. The van der Waals surface area contributed by atoms with Gasteiger partial charge in [0.2, 0.25) is 0 Å². The molecule has 3 rings (SSSR count). The zero-order chi connectivity index (χ0) is 19.4. The van der Waals surface area contributed by atoms with E-state index >= 15 is 0 Å². The fourth-order valence-electron chi connectivity index (χ4n) is 3.40. The van der Waals surface area contributed by atoms with Gasteiger partial charge in [0.1, 0.15) is 5.56 Å². The van der Waals surface area contributed by atoms with Gasteiger partial charge < -0.3 is 10.6 Å². The number of nitrogens with zero attached hydrogens (tertiary/aromatic N) is 1. The fraction of sp³-hybridized carbons (Fsp3) is 0.300. The van der Waals surface area contributed by atoms with E-state index in [9.17, 15) is 19.7 Å². The molecule has 0 radical (unpaired) electrons. The summed E-state index contributed by atoms with van der Waals surface area (Å²) in [6.45, 7) is 1.58. The van der Waals surface area contributed by atoms with Gasteiger partial charge >= 0.3 is 0 Å². The molecule has 2 aromatic rings. The van der Waals surface area contributed by atoms with Crippen LogP contribution in [0.15, 0.2) is 42.5 Å². The number of carbonyl (C=O) groups excluding carboxylic acids is 2. The van der Waals surface area contributed by atoms with Crippen LogP contribution in [0.2, 0.25) is 0 Å². The molecule has 0 unspecified atom stereocenters. The Labute approximate surface area is 156 Å². The predicted molar refractivity (Wildman–Crippen MR) is 102 cm³/mol. The molecule has 1 fully saturated rings. The van der Waals surface area contributed by atoms with Gasteiger partial charge in [-0.05, 0) is 38.0 Å². The first-order valence-corrected chi connectivity index (χ1v) is 8.92. The van der Waals surface area contributed by atoms with E-state index in [-0.39, 0.29) is 23.2 Å². The number of nitrogens with one attached hydrogen (secondary N) is 2. The lowest BCUT2D eigenvalue weighted by atomic mass is 10.1. The van der Waals surface area contributed by atoms with E-state index in [0.717, 1.165) is 25.7 Å². The second-order valence-electron chi connectivity index (χ2n) is 6.68. The summed E-state index contributed by atoms with van der Waals surface area (Å²) in [7, 11) is 0. The summed E-state index contributed by atoms with van der Waals surface area (Å²) in [6, 6.07) is 11.4. The molecule has 7 heteroatoms. The van der Waals surface area contributed by atoms with Crippen molar-refractivity contribution in [3.05, 3.63) is 69.3 Å². The van der Waals surface area contributed by atoms with E-state index in [2.05, 4.69) is 10.6 Å². The van der Waals surface area contributed by atoms with Gasteiger partial charge in [0.25, 0.3) is 17.5 Å². The first-order valence-electron chi connectivity index (χ1n) is 8.92. The Morgan fingerprint density at radius 2 is 1.67 bits per heavy atom. The van der Waals surface area contributed by atoms with Gasteiger partial charge in [0.15, 0.2) is 0 Å². The number of amides is 2. The standard InChI is InChI=1S/C20H21N3O4/c1-13-7-6-11-16(18(13)23(26)27)20(25)22-17-12-5-4-10-15(17)19(24)21-14-8-2-3-9-14/h4-7,10-12,14H,2-3,8-9H2,1H3,(H,21,24)(H,22,25). The SMILES string of the molecule is Cc1cccc(C(=O)Nc2ccccc2C(=O)NC2CCCC2)c1[N+](=O)[O-]. The molecular weight excluding hydrogens is 346 g/mol. The molecule has 7 nitrogen and oxygen atoms in total. The third-order valence-corrected chi connectivity index (χ3v) is 4.78. The molecule has 1 aliphatic carbocycles. The Balaban J connectivity index is 1.84. The maximum atomic E-state index is 12.7. The van der Waals surface area contributed by atoms with Gasteiger partial charge in [-0.25, -0.2) is 0 Å². The van der Waals surface area contributed by atoms with Crippen LogP contribution in [0.25, 0.3) is 0 Å². The monoisotopic (exact) mass is 367 g/mol. The van der Waals surface area contributed by atoms with Crippen LogP contribution < -0.4 is 10.6 Å². The molecule has 0 aromatic heterocycles. The number of nitro groups is 1. The highest BCUT2D eigenvalue weighted by molar-refractivity contribution is 6.10. The highest BCUT2D eigenvalue weighted by atomic mass is 16.6. The predicted octanol–water partition coefficient (Wildman–Crippen LogP) is 3.83. The smallest absolute Gasteiger partial charge is 0.285 e. The maximum Gasteiger partial charge on any atom is 0.285 e. The molecule has 0 bridgehead atoms. The fourth-order valence-corrected chi connectivity index (χ4v) is 3.40. The summed E-state index contributed by atoms with van der Waals surface area (Å²) in [5.41, 5.74) is 0.802. The lowest BCUT2D eigenvalue weighted by molar-refractivity contribution is -0.385. The van der Waals surface area contributed by atoms with Gasteiger partial charge in [0.05, 0.1) is 16.2 Å². The average molecular weight is 367 g/mol. The van der Waals surface area contributed by atoms with Gasteiger partial charge in [-0.15, -0.1) is 0 Å². The molecule has 2 aromatic carbocycles. The largest absolute Gasteiger partial charge is 0.349 e. The first-order chi connectivity index (χ1) is 13.0. The molecule has 2 amide bonds. The minimum Gasteiger partial charge on any atom is -0.349 e. The van der Waals surface area contributed by atoms with Gasteiger partial charge in [0, 0.05) is 11.6 Å². The minimum absolute atomic E-state index is 0.0361. The number of aryl methyl sites for hydroxylation is 1. The summed E-state index contributed by atoms with van der Waals surface area (Å²) in [5, 5.41) is 17.0. The summed E-state index contributed by atoms with van der Waals surface area (Å²) in [4.78, 5) is 36.0. The summed E-state index contributed by atoms with van der Waals surface area (Å²) in [6.07, 6.45) is 4.10. The Morgan fingerprint density at radius 1 is 1.00 bits per heavy atom. The van der Waals surface area contributed by atoms with Crippen molar-refractivity contribution < 1.29 is 14.5 Å². The van der Waals surface area contributed by atoms with Crippen molar-refractivity contribution in [2.45, 2.75) is 38.6 Å². The molecule has 2 N–H and O–H groups in total. The lowest BCUT2D eigenvalue weighted by Gasteiger charge is -2.15. The number of para-hydroxylation sites is 2. The second-order valence-corrected chi connectivity index (χ2v) is 6.68. The quantitative estimate of drug-likeness (QED) is 0.619. The Hall–Kier alpha value is -3.22. The van der Waals surface area contributed by atoms with E-state index < -0.39 is 10.8 Å². The zero-order valence-corrected chi connectivity index (χ0v) is 15.0. The van der Waals surface area contributed by atoms with Crippen LogP contribution in [-0.2, 0) is 0 Å². The van der Waals surface area contributed by atoms with Crippen LogP contribution in [-0.4, -0.2) is 22.8 Å². The molecule has 0 atom stereocenters. The number of hydrogen-bond donors (Lipinski definition) is 2. The van der Waals surface area contributed by atoms with Crippen molar-refractivity contribution in [3.63, 3.8) is 0 Å². The molecule has 0 aliphatic heterocycles. The van der Waals surface area contributed by atoms with Gasteiger partial charge in [-0.2, -0.15) is 0 Å². The van der Waals surface area contributed by atoms with Crippen molar-refractivity contribution in [2.24, 2.45) is 0 Å². The van der Waals surface area contributed by atoms with Crippen LogP contribution in [0.5, 0.6) is 0 Å². The lowest BCUT2D eigenvalue weighted by Crippen LogP contribution is -2.33. The van der Waals surface area contributed by atoms with Crippen LogP contribution in [0.1, 0.15) is 52.0 Å². The van der Waals surface area contributed by atoms with Gasteiger partial charge in [-0.1, -0.05) is 37.1 Å². The molecule has 1 aliphatic rings. The van der Waals surface area contributed by atoms with Gasteiger partial charge in [-0.3, -0.25) is 19.7 Å². The number of nitro benzene ring substituents is 1. The van der Waals surface area contributed by atoms with E-state index in [0.29, 0.717) is 16.8 Å². The normalized spacial score (nSPS) is 14.0. The number of carbonyl (C=O) groups is 2. The zero-order valence-electron chi connectivity index (χ0n) is 15.0. The summed E-state index contributed by atoms with van der Waals surface area (Å²) >= 11 is 0. The van der Waals surface area contributed by atoms with Crippen molar-refractivity contribution in [1.82, 2.24) is 5.32 Å². The van der Waals surface area contributed by atoms with E-state index in [1.807, 2.05) is 0 Å². The number of anilines is 1. The molecule has 0 heterocycles. The summed E-state index contributed by atoms with van der Waals surface area (Å²) < 4.78 is 0. The summed E-state index contributed by atoms with van der Waals surface area (Å²) in [5.74, 6) is -0.872. The molecule has 0 spiro atoms. The first kappa shape index (κ1) is 18.6.